The molecule has 10 nitrogen and oxygen atoms in total. The molecule has 10 heteroatoms. The van der Waals surface area contributed by atoms with Crippen molar-refractivity contribution in [3.8, 4) is 11.8 Å². The second-order valence-electron chi connectivity index (χ2n) is 7.15. The molecule has 4 rings (SSSR count). The molecule has 33 heavy (non-hydrogen) atoms. The molecule has 0 radical (unpaired) electrons. The van der Waals surface area contributed by atoms with Crippen molar-refractivity contribution in [2.75, 3.05) is 31.2 Å². The third-order valence-corrected chi connectivity index (χ3v) is 5.06. The Morgan fingerprint density at radius 3 is 2.61 bits per heavy atom. The van der Waals surface area contributed by atoms with E-state index in [1.807, 2.05) is 41.3 Å². The predicted octanol–water partition coefficient (Wildman–Crippen LogP) is 3.52. The van der Waals surface area contributed by atoms with Gasteiger partial charge >= 0.3 is 0 Å². The van der Waals surface area contributed by atoms with Crippen molar-refractivity contribution >= 4 is 23.3 Å². The van der Waals surface area contributed by atoms with Crippen LogP contribution < -0.4 is 4.90 Å². The van der Waals surface area contributed by atoms with Crippen LogP contribution in [0.25, 0.3) is 17.3 Å². The molecule has 1 aliphatic rings. The standard InChI is InChI=1S/C23H20N6O4/c24-16-20(21(30)10-9-17-5-4-8-19(15-17)29(31)32)22-25-26-23(27-11-13-33-14-12-27)28(22)18-6-2-1-3-7-18/h1-10,15,30H,11-14H2/b10-9?,21-20-. The first-order valence-electron chi connectivity index (χ1n) is 10.2. The van der Waals surface area contributed by atoms with Crippen LogP contribution in [0.1, 0.15) is 11.4 Å². The Hall–Kier alpha value is -4.49. The van der Waals surface area contributed by atoms with E-state index in [1.54, 1.807) is 16.7 Å². The summed E-state index contributed by atoms with van der Waals surface area (Å²) in [4.78, 5) is 12.5. The summed E-state index contributed by atoms with van der Waals surface area (Å²) < 4.78 is 7.15. The number of aliphatic hydroxyl groups is 1. The maximum atomic E-state index is 11.0. The smallest absolute Gasteiger partial charge is 0.270 e. The van der Waals surface area contributed by atoms with Gasteiger partial charge in [-0.05, 0) is 23.8 Å². The molecular weight excluding hydrogens is 424 g/mol. The van der Waals surface area contributed by atoms with Crippen LogP contribution >= 0.6 is 0 Å². The van der Waals surface area contributed by atoms with E-state index in [4.69, 9.17) is 4.74 Å². The van der Waals surface area contributed by atoms with Crippen molar-refractivity contribution in [3.63, 3.8) is 0 Å². The molecule has 0 bridgehead atoms. The number of benzene rings is 2. The van der Waals surface area contributed by atoms with Crippen LogP contribution in [-0.4, -0.2) is 51.1 Å². The summed E-state index contributed by atoms with van der Waals surface area (Å²) in [6, 6.07) is 17.3. The molecule has 0 unspecified atom stereocenters. The fraction of sp³-hybridized carbons (Fsp3) is 0.174. The molecule has 0 aliphatic carbocycles. The van der Waals surface area contributed by atoms with Crippen molar-refractivity contribution < 1.29 is 14.8 Å². The number of ether oxygens (including phenoxy) is 1. The topological polar surface area (TPSA) is 130 Å². The molecule has 0 saturated carbocycles. The molecular formula is C23H20N6O4. The molecule has 1 fully saturated rings. The van der Waals surface area contributed by atoms with E-state index in [1.165, 1.54) is 24.3 Å². The number of aromatic nitrogens is 3. The Morgan fingerprint density at radius 2 is 1.91 bits per heavy atom. The largest absolute Gasteiger partial charge is 0.506 e. The molecule has 2 heterocycles. The first-order chi connectivity index (χ1) is 16.1. The van der Waals surface area contributed by atoms with E-state index in [9.17, 15) is 20.5 Å². The number of aliphatic hydroxyl groups excluding tert-OH is 1. The van der Waals surface area contributed by atoms with Crippen LogP contribution in [-0.2, 0) is 4.74 Å². The minimum absolute atomic E-state index is 0.0694. The summed E-state index contributed by atoms with van der Waals surface area (Å²) in [7, 11) is 0. The van der Waals surface area contributed by atoms with Crippen molar-refractivity contribution in [1.29, 1.82) is 5.26 Å². The van der Waals surface area contributed by atoms with Gasteiger partial charge in [-0.25, -0.2) is 0 Å². The normalized spacial score (nSPS) is 14.7. The highest BCUT2D eigenvalue weighted by atomic mass is 16.6. The highest BCUT2D eigenvalue weighted by Gasteiger charge is 2.24. The number of nitriles is 1. The quantitative estimate of drug-likeness (QED) is 0.201. The first kappa shape index (κ1) is 21.7. The fourth-order valence-electron chi connectivity index (χ4n) is 3.44. The van der Waals surface area contributed by atoms with Crippen molar-refractivity contribution in [1.82, 2.24) is 14.8 Å². The van der Waals surface area contributed by atoms with Crippen LogP contribution in [0, 0.1) is 21.4 Å². The van der Waals surface area contributed by atoms with Gasteiger partial charge in [-0.3, -0.25) is 14.7 Å². The number of hydrogen-bond donors (Lipinski definition) is 1. The third kappa shape index (κ3) is 4.73. The molecule has 1 aromatic heterocycles. The lowest BCUT2D eigenvalue weighted by molar-refractivity contribution is -0.384. The van der Waals surface area contributed by atoms with Gasteiger partial charge in [0.1, 0.15) is 17.4 Å². The number of non-ortho nitro benzene ring substituents is 1. The summed E-state index contributed by atoms with van der Waals surface area (Å²) >= 11 is 0. The Bertz CT molecular complexity index is 1250. The average Bonchev–Trinajstić information content (AvgIpc) is 3.29. The van der Waals surface area contributed by atoms with Gasteiger partial charge in [0.25, 0.3) is 5.69 Å². The number of hydrogen-bond acceptors (Lipinski definition) is 8. The number of nitro groups is 1. The summed E-state index contributed by atoms with van der Waals surface area (Å²) in [5.74, 6) is 0.399. The number of morpholine rings is 1. The van der Waals surface area contributed by atoms with Gasteiger partial charge in [-0.2, -0.15) is 5.26 Å². The van der Waals surface area contributed by atoms with Crippen LogP contribution in [0.15, 0.2) is 66.4 Å². The first-order valence-corrected chi connectivity index (χ1v) is 10.2. The molecule has 1 aliphatic heterocycles. The zero-order valence-corrected chi connectivity index (χ0v) is 17.5. The molecule has 0 atom stereocenters. The second-order valence-corrected chi connectivity index (χ2v) is 7.15. The summed E-state index contributed by atoms with van der Waals surface area (Å²) in [6.07, 6.45) is 2.81. The zero-order chi connectivity index (χ0) is 23.2. The molecule has 2 aromatic carbocycles. The maximum absolute atomic E-state index is 11.0. The molecule has 3 aromatic rings. The third-order valence-electron chi connectivity index (χ3n) is 5.06. The van der Waals surface area contributed by atoms with E-state index in [-0.39, 0.29) is 22.8 Å². The van der Waals surface area contributed by atoms with E-state index in [0.717, 1.165) is 5.69 Å². The Kier molecular flexibility index (Phi) is 6.43. The number of nitro benzene ring substituents is 1. The number of anilines is 1. The highest BCUT2D eigenvalue weighted by molar-refractivity contribution is 5.79. The van der Waals surface area contributed by atoms with Crippen LogP contribution in [0.4, 0.5) is 11.6 Å². The lowest BCUT2D eigenvalue weighted by atomic mass is 10.1. The van der Waals surface area contributed by atoms with E-state index in [0.29, 0.717) is 37.8 Å². The second kappa shape index (κ2) is 9.76. The Morgan fingerprint density at radius 1 is 1.15 bits per heavy atom. The van der Waals surface area contributed by atoms with E-state index in [2.05, 4.69) is 10.2 Å². The van der Waals surface area contributed by atoms with Gasteiger partial charge < -0.3 is 14.7 Å². The molecule has 0 amide bonds. The highest BCUT2D eigenvalue weighted by Crippen LogP contribution is 2.27. The minimum Gasteiger partial charge on any atom is -0.506 e. The van der Waals surface area contributed by atoms with Gasteiger partial charge in [0, 0.05) is 25.2 Å². The van der Waals surface area contributed by atoms with Gasteiger partial charge in [0.15, 0.2) is 5.82 Å². The SMILES string of the molecule is N#C/C(=C(/O)C=Cc1cccc([N+](=O)[O-])c1)c1nnc(N2CCOCC2)n1-c1ccccc1. The van der Waals surface area contributed by atoms with Gasteiger partial charge in [-0.15, -0.1) is 10.2 Å². The van der Waals surface area contributed by atoms with E-state index >= 15 is 0 Å². The monoisotopic (exact) mass is 444 g/mol. The van der Waals surface area contributed by atoms with Crippen molar-refractivity contribution in [3.05, 3.63) is 87.9 Å². The molecule has 166 valence electrons. The summed E-state index contributed by atoms with van der Waals surface area (Å²) in [5.41, 5.74) is 1.10. The van der Waals surface area contributed by atoms with Gasteiger partial charge in [-0.1, -0.05) is 36.4 Å². The summed E-state index contributed by atoms with van der Waals surface area (Å²) in [5, 5.41) is 40.1. The maximum Gasteiger partial charge on any atom is 0.270 e. The van der Waals surface area contributed by atoms with Crippen LogP contribution in [0.5, 0.6) is 0 Å². The Labute approximate surface area is 189 Å². The zero-order valence-electron chi connectivity index (χ0n) is 17.5. The lowest BCUT2D eigenvalue weighted by Crippen LogP contribution is -2.38. The molecule has 1 N–H and O–H groups in total. The lowest BCUT2D eigenvalue weighted by Gasteiger charge is -2.28. The van der Waals surface area contributed by atoms with Gasteiger partial charge in [0.05, 0.1) is 23.8 Å². The molecule has 0 spiro atoms. The Balaban J connectivity index is 1.76. The fourth-order valence-corrected chi connectivity index (χ4v) is 3.44. The van der Waals surface area contributed by atoms with Crippen LogP contribution in [0.3, 0.4) is 0 Å². The molecule has 1 saturated heterocycles. The number of rotatable bonds is 6. The van der Waals surface area contributed by atoms with Gasteiger partial charge in [0.2, 0.25) is 5.95 Å². The number of allylic oxidation sites excluding steroid dienone is 2. The predicted molar refractivity (Wildman–Crippen MR) is 122 cm³/mol. The van der Waals surface area contributed by atoms with Crippen molar-refractivity contribution in [2.45, 2.75) is 0 Å². The van der Waals surface area contributed by atoms with Crippen LogP contribution in [0.2, 0.25) is 0 Å². The van der Waals surface area contributed by atoms with E-state index < -0.39 is 4.92 Å². The number of para-hydroxylation sites is 1. The summed E-state index contributed by atoms with van der Waals surface area (Å²) in [6.45, 7) is 2.34. The average molecular weight is 444 g/mol. The number of nitrogens with zero attached hydrogens (tertiary/aromatic N) is 6. The van der Waals surface area contributed by atoms with Crippen molar-refractivity contribution in [2.24, 2.45) is 0 Å². The minimum atomic E-state index is -0.497.